The van der Waals surface area contributed by atoms with Crippen LogP contribution in [0.15, 0.2) is 78.9 Å². The van der Waals surface area contributed by atoms with Gasteiger partial charge in [0.15, 0.2) is 0 Å². The minimum Gasteiger partial charge on any atom is -0.497 e. The van der Waals surface area contributed by atoms with Gasteiger partial charge in [0.2, 0.25) is 0 Å². The summed E-state index contributed by atoms with van der Waals surface area (Å²) in [6, 6.07) is 26.2. The van der Waals surface area contributed by atoms with Crippen molar-refractivity contribution in [1.82, 2.24) is 10.3 Å². The molecule has 4 aromatic rings. The van der Waals surface area contributed by atoms with E-state index in [0.29, 0.717) is 6.54 Å². The average Bonchev–Trinajstić information content (AvgIpc) is 3.18. The number of esters is 1. The Morgan fingerprint density at radius 3 is 2.35 bits per heavy atom. The van der Waals surface area contributed by atoms with E-state index < -0.39 is 0 Å². The van der Waals surface area contributed by atoms with E-state index in [-0.39, 0.29) is 18.4 Å². The fourth-order valence-electron chi connectivity index (χ4n) is 3.87. The zero-order valence-corrected chi connectivity index (χ0v) is 17.7. The molecule has 5 nitrogen and oxygen atoms in total. The van der Waals surface area contributed by atoms with Crippen molar-refractivity contribution in [2.75, 3.05) is 14.2 Å². The quantitative estimate of drug-likeness (QED) is 0.408. The lowest BCUT2D eigenvalue weighted by molar-refractivity contribution is -0.139. The second-order valence-corrected chi connectivity index (χ2v) is 7.39. The van der Waals surface area contributed by atoms with Crippen LogP contribution < -0.4 is 10.1 Å². The third kappa shape index (κ3) is 4.62. The predicted octanol–water partition coefficient (Wildman–Crippen LogP) is 4.77. The van der Waals surface area contributed by atoms with Crippen LogP contribution in [0, 0.1) is 0 Å². The topological polar surface area (TPSA) is 63.4 Å². The van der Waals surface area contributed by atoms with Crippen LogP contribution in [-0.4, -0.2) is 25.2 Å². The number of fused-ring (bicyclic) bond motifs is 1. The first-order valence-corrected chi connectivity index (χ1v) is 10.3. The monoisotopic (exact) mass is 414 g/mol. The van der Waals surface area contributed by atoms with Crippen molar-refractivity contribution in [3.8, 4) is 5.75 Å². The van der Waals surface area contributed by atoms with E-state index in [1.807, 2.05) is 54.6 Å². The largest absolute Gasteiger partial charge is 0.497 e. The highest BCUT2D eigenvalue weighted by atomic mass is 16.5. The Morgan fingerprint density at radius 2 is 1.65 bits per heavy atom. The first-order chi connectivity index (χ1) is 15.2. The van der Waals surface area contributed by atoms with Gasteiger partial charge in [0.05, 0.1) is 26.7 Å². The van der Waals surface area contributed by atoms with E-state index in [4.69, 9.17) is 9.47 Å². The van der Waals surface area contributed by atoms with Crippen LogP contribution in [0.4, 0.5) is 0 Å². The Hall–Kier alpha value is -3.57. The minimum atomic E-state index is -0.262. The molecule has 1 aromatic heterocycles. The number of para-hydroxylation sites is 1. The second-order valence-electron chi connectivity index (χ2n) is 7.39. The number of methoxy groups -OCH3 is 2. The van der Waals surface area contributed by atoms with Crippen molar-refractivity contribution in [3.05, 3.63) is 101 Å². The van der Waals surface area contributed by atoms with Gasteiger partial charge in [-0.05, 0) is 34.9 Å². The molecule has 0 spiro atoms. The van der Waals surface area contributed by atoms with Crippen LogP contribution in [-0.2, 0) is 22.5 Å². The predicted molar refractivity (Wildman–Crippen MR) is 122 cm³/mol. The molecule has 3 aromatic carbocycles. The molecule has 1 heterocycles. The lowest BCUT2D eigenvalue weighted by Gasteiger charge is -2.21. The van der Waals surface area contributed by atoms with Crippen molar-refractivity contribution < 1.29 is 14.3 Å². The molecule has 2 N–H and O–H groups in total. The van der Waals surface area contributed by atoms with Crippen molar-refractivity contribution in [2.45, 2.75) is 19.0 Å². The molecule has 5 heteroatoms. The number of H-pyrrole nitrogens is 1. The molecule has 1 atom stereocenters. The first-order valence-electron chi connectivity index (χ1n) is 10.3. The maximum Gasteiger partial charge on any atom is 0.310 e. The van der Waals surface area contributed by atoms with Crippen molar-refractivity contribution in [2.24, 2.45) is 0 Å². The van der Waals surface area contributed by atoms with E-state index in [2.05, 4.69) is 34.6 Å². The highest BCUT2D eigenvalue weighted by molar-refractivity contribution is 5.89. The molecular weight excluding hydrogens is 388 g/mol. The number of benzene rings is 3. The number of nitrogens with one attached hydrogen (secondary N) is 2. The molecule has 0 saturated carbocycles. The Labute approximate surface area is 182 Å². The van der Waals surface area contributed by atoms with Crippen LogP contribution in [0.2, 0.25) is 0 Å². The second kappa shape index (κ2) is 9.49. The number of hydrogen-bond donors (Lipinski definition) is 2. The summed E-state index contributed by atoms with van der Waals surface area (Å²) in [7, 11) is 3.08. The van der Waals surface area contributed by atoms with Crippen LogP contribution in [0.25, 0.3) is 10.9 Å². The van der Waals surface area contributed by atoms with Gasteiger partial charge in [0.1, 0.15) is 5.75 Å². The Morgan fingerprint density at radius 1 is 0.935 bits per heavy atom. The van der Waals surface area contributed by atoms with Crippen molar-refractivity contribution >= 4 is 16.9 Å². The highest BCUT2D eigenvalue weighted by Gasteiger charge is 2.23. The molecular formula is C26H26N2O3. The fourth-order valence-corrected chi connectivity index (χ4v) is 3.87. The van der Waals surface area contributed by atoms with Gasteiger partial charge in [0, 0.05) is 23.1 Å². The molecule has 0 fully saturated rings. The molecule has 1 unspecified atom stereocenters. The van der Waals surface area contributed by atoms with Gasteiger partial charge in [0.25, 0.3) is 0 Å². The van der Waals surface area contributed by atoms with Crippen LogP contribution >= 0.6 is 0 Å². The van der Waals surface area contributed by atoms with E-state index >= 15 is 0 Å². The standard InChI is InChI=1S/C26H26N2O3/c1-30-20-14-12-19(13-15-20)25(27-17-18-8-4-3-5-9-18)26-22(16-24(29)31-2)21-10-6-7-11-23(21)28-26/h3-15,25,27-28H,16-17H2,1-2H3. The number of aromatic amines is 1. The third-order valence-electron chi connectivity index (χ3n) is 5.49. The van der Waals surface area contributed by atoms with Crippen molar-refractivity contribution in [3.63, 3.8) is 0 Å². The third-order valence-corrected chi connectivity index (χ3v) is 5.49. The summed E-state index contributed by atoms with van der Waals surface area (Å²) in [5.74, 6) is 0.541. The summed E-state index contributed by atoms with van der Waals surface area (Å²) in [5.41, 5.74) is 5.17. The van der Waals surface area contributed by atoms with Crippen LogP contribution in [0.1, 0.15) is 28.4 Å². The zero-order chi connectivity index (χ0) is 21.6. The van der Waals surface area contributed by atoms with Gasteiger partial charge in [-0.3, -0.25) is 4.79 Å². The molecule has 4 rings (SSSR count). The van der Waals surface area contributed by atoms with Gasteiger partial charge in [-0.15, -0.1) is 0 Å². The Bertz CT molecular complexity index is 1150. The van der Waals surface area contributed by atoms with E-state index in [1.165, 1.54) is 12.7 Å². The highest BCUT2D eigenvalue weighted by Crippen LogP contribution is 2.32. The first kappa shape index (κ1) is 20.7. The minimum absolute atomic E-state index is 0.141. The number of aromatic nitrogens is 1. The molecule has 31 heavy (non-hydrogen) atoms. The van der Waals surface area contributed by atoms with Gasteiger partial charge >= 0.3 is 5.97 Å². The number of rotatable bonds is 8. The molecule has 0 aliphatic rings. The molecule has 0 saturated heterocycles. The molecule has 158 valence electrons. The average molecular weight is 415 g/mol. The van der Waals surface area contributed by atoms with Gasteiger partial charge < -0.3 is 19.8 Å². The summed E-state index contributed by atoms with van der Waals surface area (Å²) < 4.78 is 10.3. The maximum atomic E-state index is 12.2. The summed E-state index contributed by atoms with van der Waals surface area (Å²) in [4.78, 5) is 15.8. The van der Waals surface area contributed by atoms with Crippen molar-refractivity contribution in [1.29, 1.82) is 0 Å². The van der Waals surface area contributed by atoms with Crippen LogP contribution in [0.3, 0.4) is 0 Å². The summed E-state index contributed by atoms with van der Waals surface area (Å²) in [6.07, 6.45) is 0.204. The summed E-state index contributed by atoms with van der Waals surface area (Å²) in [5, 5.41) is 4.71. The maximum absolute atomic E-state index is 12.2. The van der Waals surface area contributed by atoms with Gasteiger partial charge in [-0.1, -0.05) is 60.7 Å². The van der Waals surface area contributed by atoms with E-state index in [0.717, 1.165) is 33.5 Å². The Balaban J connectivity index is 1.78. The Kier molecular flexibility index (Phi) is 6.34. The van der Waals surface area contributed by atoms with E-state index in [9.17, 15) is 4.79 Å². The normalized spacial score (nSPS) is 11.9. The molecule has 0 aliphatic heterocycles. The fraction of sp³-hybridized carbons (Fsp3) is 0.192. The number of hydrogen-bond acceptors (Lipinski definition) is 4. The lowest BCUT2D eigenvalue weighted by Crippen LogP contribution is -2.24. The summed E-state index contributed by atoms with van der Waals surface area (Å²) in [6.45, 7) is 0.685. The zero-order valence-electron chi connectivity index (χ0n) is 17.7. The van der Waals surface area contributed by atoms with E-state index in [1.54, 1.807) is 7.11 Å². The SMILES string of the molecule is COC(=O)Cc1c(C(NCc2ccccc2)c2ccc(OC)cc2)[nH]c2ccccc12. The van der Waals surface area contributed by atoms with Gasteiger partial charge in [-0.25, -0.2) is 0 Å². The number of ether oxygens (including phenoxy) is 2. The number of carbonyl (C=O) groups is 1. The smallest absolute Gasteiger partial charge is 0.310 e. The van der Waals surface area contributed by atoms with Crippen LogP contribution in [0.5, 0.6) is 5.75 Å². The van der Waals surface area contributed by atoms with Gasteiger partial charge in [-0.2, -0.15) is 0 Å². The lowest BCUT2D eigenvalue weighted by atomic mass is 9.97. The molecule has 0 aliphatic carbocycles. The number of carbonyl (C=O) groups excluding carboxylic acids is 1. The molecule has 0 bridgehead atoms. The molecule has 0 radical (unpaired) electrons. The molecule has 0 amide bonds. The summed E-state index contributed by atoms with van der Waals surface area (Å²) >= 11 is 0.